The van der Waals surface area contributed by atoms with E-state index in [1.165, 1.54) is 6.42 Å². The molecule has 5 nitrogen and oxygen atoms in total. The maximum Gasteiger partial charge on any atom is 0.198 e. The first-order chi connectivity index (χ1) is 13.1. The Labute approximate surface area is 161 Å². The summed E-state index contributed by atoms with van der Waals surface area (Å²) in [5.41, 5.74) is 1.90. The van der Waals surface area contributed by atoms with Gasteiger partial charge in [0.05, 0.1) is 17.2 Å². The Morgan fingerprint density at radius 2 is 1.70 bits per heavy atom. The van der Waals surface area contributed by atoms with Crippen LogP contribution in [0, 0.1) is 0 Å². The van der Waals surface area contributed by atoms with Crippen molar-refractivity contribution in [2.24, 2.45) is 4.99 Å². The molecule has 0 amide bonds. The van der Waals surface area contributed by atoms with Crippen LogP contribution in [0.3, 0.4) is 0 Å². The number of sulfone groups is 1. The molecule has 2 aromatic carbocycles. The van der Waals surface area contributed by atoms with E-state index >= 15 is 0 Å². The van der Waals surface area contributed by atoms with Crippen LogP contribution in [0.25, 0.3) is 0 Å². The third kappa shape index (κ3) is 4.00. The van der Waals surface area contributed by atoms with E-state index in [1.54, 1.807) is 12.1 Å². The molecule has 2 aliphatic rings. The summed E-state index contributed by atoms with van der Waals surface area (Å²) in [7, 11) is -3.19. The number of piperidine rings is 1. The van der Waals surface area contributed by atoms with E-state index in [0.717, 1.165) is 43.1 Å². The van der Waals surface area contributed by atoms with Gasteiger partial charge >= 0.3 is 0 Å². The van der Waals surface area contributed by atoms with Gasteiger partial charge in [0, 0.05) is 24.7 Å². The normalized spacial score (nSPS) is 21.7. The van der Waals surface area contributed by atoms with Crippen LogP contribution >= 0.6 is 0 Å². The second-order valence-corrected chi connectivity index (χ2v) is 9.22. The van der Waals surface area contributed by atoms with Gasteiger partial charge in [-0.05, 0) is 43.0 Å². The number of nitrogens with zero attached hydrogens (tertiary/aromatic N) is 2. The highest BCUT2D eigenvalue weighted by Gasteiger charge is 2.34. The maximum absolute atomic E-state index is 12.4. The van der Waals surface area contributed by atoms with Crippen LogP contribution in [0.5, 0.6) is 0 Å². The molecule has 0 spiro atoms. The number of hydrogen-bond donors (Lipinski definition) is 1. The van der Waals surface area contributed by atoms with E-state index in [-0.39, 0.29) is 11.7 Å². The number of fused-ring (bicyclic) bond motifs is 1. The van der Waals surface area contributed by atoms with Crippen molar-refractivity contribution in [3.63, 3.8) is 0 Å². The summed E-state index contributed by atoms with van der Waals surface area (Å²) in [6, 6.07) is 17.4. The van der Waals surface area contributed by atoms with E-state index in [9.17, 15) is 8.42 Å². The highest BCUT2D eigenvalue weighted by molar-refractivity contribution is 7.91. The molecule has 0 bridgehead atoms. The Morgan fingerprint density at radius 1 is 1.00 bits per heavy atom. The number of aliphatic imine (C=N–C) groups is 1. The van der Waals surface area contributed by atoms with Crippen LogP contribution in [0.2, 0.25) is 0 Å². The van der Waals surface area contributed by atoms with Crippen LogP contribution in [-0.4, -0.2) is 44.7 Å². The topological polar surface area (TPSA) is 61.8 Å². The van der Waals surface area contributed by atoms with Gasteiger partial charge in [0.25, 0.3) is 0 Å². The van der Waals surface area contributed by atoms with Gasteiger partial charge in [0.15, 0.2) is 15.8 Å². The third-order valence-corrected chi connectivity index (χ3v) is 7.14. The number of anilines is 1. The molecule has 0 saturated carbocycles. The molecule has 1 N–H and O–H groups in total. The lowest BCUT2D eigenvalue weighted by Crippen LogP contribution is -2.40. The molecule has 6 heteroatoms. The van der Waals surface area contributed by atoms with Crippen molar-refractivity contribution >= 4 is 21.5 Å². The Balaban J connectivity index is 1.58. The van der Waals surface area contributed by atoms with Gasteiger partial charge in [-0.1, -0.05) is 36.4 Å². The number of rotatable bonds is 3. The van der Waals surface area contributed by atoms with Crippen LogP contribution in [0.4, 0.5) is 5.69 Å². The quantitative estimate of drug-likeness (QED) is 0.651. The van der Waals surface area contributed by atoms with Gasteiger partial charge in [0.1, 0.15) is 0 Å². The first kappa shape index (κ1) is 18.0. The fraction of sp³-hybridized carbons (Fsp3) is 0.381. The summed E-state index contributed by atoms with van der Waals surface area (Å²) < 4.78 is 24.9. The maximum atomic E-state index is 12.4. The third-order valence-electron chi connectivity index (χ3n) is 5.26. The van der Waals surface area contributed by atoms with Gasteiger partial charge in [-0.3, -0.25) is 4.99 Å². The average molecular weight is 384 g/mol. The Kier molecular flexibility index (Phi) is 5.16. The summed E-state index contributed by atoms with van der Waals surface area (Å²) in [6.45, 7) is 2.44. The zero-order valence-corrected chi connectivity index (χ0v) is 16.2. The predicted molar refractivity (Wildman–Crippen MR) is 109 cm³/mol. The molecule has 142 valence electrons. The minimum atomic E-state index is -3.19. The molecule has 1 fully saturated rings. The number of guanidine groups is 1. The molecule has 1 unspecified atom stereocenters. The zero-order valence-electron chi connectivity index (χ0n) is 15.3. The molecule has 27 heavy (non-hydrogen) atoms. The van der Waals surface area contributed by atoms with Crippen molar-refractivity contribution in [2.75, 3.05) is 30.7 Å². The molecular weight excluding hydrogens is 358 g/mol. The molecule has 0 radical (unpaired) electrons. The van der Waals surface area contributed by atoms with Crippen molar-refractivity contribution in [2.45, 2.75) is 30.1 Å². The summed E-state index contributed by atoms with van der Waals surface area (Å²) >= 11 is 0. The lowest BCUT2D eigenvalue weighted by Gasteiger charge is -2.30. The van der Waals surface area contributed by atoms with Gasteiger partial charge < -0.3 is 10.2 Å². The van der Waals surface area contributed by atoms with Crippen molar-refractivity contribution in [1.82, 2.24) is 4.90 Å². The standard InChI is InChI=1S/C21H25N3O2S/c25-27(26)16-17(19-11-5-6-12-20(19)27)15-22-21(24-13-7-2-8-14-24)23-18-9-3-1-4-10-18/h1,3-6,9-12,17H,2,7-8,13-16H2,(H,22,23). The zero-order chi connectivity index (χ0) is 18.7. The van der Waals surface area contributed by atoms with Crippen molar-refractivity contribution < 1.29 is 8.42 Å². The highest BCUT2D eigenvalue weighted by Crippen LogP contribution is 2.34. The minimum Gasteiger partial charge on any atom is -0.343 e. The van der Waals surface area contributed by atoms with Crippen LogP contribution < -0.4 is 5.32 Å². The summed E-state index contributed by atoms with van der Waals surface area (Å²) in [5, 5.41) is 3.44. The first-order valence-corrected chi connectivity index (χ1v) is 11.2. The molecule has 2 heterocycles. The van der Waals surface area contributed by atoms with Gasteiger partial charge in [0.2, 0.25) is 0 Å². The molecule has 0 aromatic heterocycles. The average Bonchev–Trinajstić information content (AvgIpc) is 2.97. The van der Waals surface area contributed by atoms with E-state index in [0.29, 0.717) is 11.4 Å². The Bertz CT molecular complexity index is 919. The monoisotopic (exact) mass is 383 g/mol. The summed E-state index contributed by atoms with van der Waals surface area (Å²) in [5.74, 6) is 0.917. The molecule has 1 saturated heterocycles. The smallest absolute Gasteiger partial charge is 0.198 e. The largest absolute Gasteiger partial charge is 0.343 e. The van der Waals surface area contributed by atoms with Gasteiger partial charge in [-0.25, -0.2) is 8.42 Å². The van der Waals surface area contributed by atoms with E-state index in [2.05, 4.69) is 10.2 Å². The van der Waals surface area contributed by atoms with Crippen LogP contribution in [0.15, 0.2) is 64.5 Å². The summed E-state index contributed by atoms with van der Waals surface area (Å²) in [6.07, 6.45) is 3.58. The minimum absolute atomic E-state index is 0.0800. The van der Waals surface area contributed by atoms with E-state index in [1.807, 2.05) is 42.5 Å². The predicted octanol–water partition coefficient (Wildman–Crippen LogP) is 3.51. The van der Waals surface area contributed by atoms with Gasteiger partial charge in [-0.15, -0.1) is 0 Å². The van der Waals surface area contributed by atoms with E-state index < -0.39 is 9.84 Å². The molecule has 2 aliphatic heterocycles. The fourth-order valence-corrected chi connectivity index (χ4v) is 5.74. The number of likely N-dealkylation sites (tertiary alicyclic amines) is 1. The second-order valence-electron chi connectivity index (χ2n) is 7.22. The Hall–Kier alpha value is -2.34. The molecule has 4 rings (SSSR count). The molecular formula is C21H25N3O2S. The lowest BCUT2D eigenvalue weighted by molar-refractivity contribution is 0.340. The fourth-order valence-electron chi connectivity index (χ4n) is 3.87. The van der Waals surface area contributed by atoms with Crippen molar-refractivity contribution in [3.05, 3.63) is 60.2 Å². The summed E-state index contributed by atoms with van der Waals surface area (Å²) in [4.78, 5) is 7.61. The molecule has 1 atom stereocenters. The molecule has 0 aliphatic carbocycles. The lowest BCUT2D eigenvalue weighted by atomic mass is 10.0. The number of benzene rings is 2. The molecule has 2 aromatic rings. The van der Waals surface area contributed by atoms with Crippen molar-refractivity contribution in [3.8, 4) is 0 Å². The number of para-hydroxylation sites is 1. The SMILES string of the molecule is O=S1(=O)CC(CN=C(Nc2ccccc2)N2CCCCC2)c2ccccc21. The van der Waals surface area contributed by atoms with Crippen LogP contribution in [-0.2, 0) is 9.84 Å². The number of nitrogens with one attached hydrogen (secondary N) is 1. The first-order valence-electron chi connectivity index (χ1n) is 9.57. The highest BCUT2D eigenvalue weighted by atomic mass is 32.2. The van der Waals surface area contributed by atoms with Crippen molar-refractivity contribution in [1.29, 1.82) is 0 Å². The van der Waals surface area contributed by atoms with Crippen LogP contribution in [0.1, 0.15) is 30.7 Å². The van der Waals surface area contributed by atoms with E-state index in [4.69, 9.17) is 4.99 Å². The Morgan fingerprint density at radius 3 is 2.48 bits per heavy atom. The van der Waals surface area contributed by atoms with Gasteiger partial charge in [-0.2, -0.15) is 0 Å². The number of hydrogen-bond acceptors (Lipinski definition) is 3. The second kappa shape index (κ2) is 7.72.